The minimum Gasteiger partial charge on any atom is -0.491 e. The van der Waals surface area contributed by atoms with E-state index in [-0.39, 0.29) is 19.0 Å². The lowest BCUT2D eigenvalue weighted by atomic mass is 9.97. The molecule has 0 aliphatic rings. The summed E-state index contributed by atoms with van der Waals surface area (Å²) in [6.07, 6.45) is 0. The third kappa shape index (κ3) is 7.82. The van der Waals surface area contributed by atoms with Crippen molar-refractivity contribution in [2.75, 3.05) is 26.4 Å². The van der Waals surface area contributed by atoms with Crippen molar-refractivity contribution in [1.82, 2.24) is 0 Å². The number of hydrogen-bond donors (Lipinski definition) is 1. The van der Waals surface area contributed by atoms with Gasteiger partial charge in [0.2, 0.25) is 0 Å². The van der Waals surface area contributed by atoms with E-state index in [1.54, 1.807) is 35.6 Å². The highest BCUT2D eigenvalue weighted by atomic mass is 32.1. The van der Waals surface area contributed by atoms with E-state index in [4.69, 9.17) is 24.1 Å². The van der Waals surface area contributed by atoms with Crippen LogP contribution in [0.2, 0.25) is 0 Å². The normalized spacial score (nSPS) is 11.0. The van der Waals surface area contributed by atoms with Crippen molar-refractivity contribution in [2.45, 2.75) is 13.2 Å². The number of fused-ring (bicyclic) bond motifs is 1. The van der Waals surface area contributed by atoms with Gasteiger partial charge in [0.25, 0.3) is 0 Å². The Morgan fingerprint density at radius 3 is 1.85 bits per heavy atom. The Morgan fingerprint density at radius 1 is 0.609 bits per heavy atom. The molecule has 0 bridgehead atoms. The molecule has 6 rings (SSSR count). The number of thiophene rings is 1. The minimum absolute atomic E-state index is 0.0235. The Kier molecular flexibility index (Phi) is 10.4. The molecule has 7 heteroatoms. The maximum atomic E-state index is 14.1. The Bertz CT molecular complexity index is 1850. The van der Waals surface area contributed by atoms with Gasteiger partial charge in [0.1, 0.15) is 37.1 Å². The Morgan fingerprint density at radius 2 is 1.20 bits per heavy atom. The number of ether oxygens (including phenoxy) is 4. The summed E-state index contributed by atoms with van der Waals surface area (Å²) >= 11 is 1.57. The molecule has 0 fully saturated rings. The number of aliphatic hydroxyl groups is 1. The summed E-state index contributed by atoms with van der Waals surface area (Å²) in [6, 6.07) is 41.1. The van der Waals surface area contributed by atoms with Crippen LogP contribution in [-0.2, 0) is 18.0 Å². The topological polar surface area (TPSA) is 74.2 Å². The van der Waals surface area contributed by atoms with Crippen LogP contribution in [0, 0.1) is 0 Å². The quantitative estimate of drug-likeness (QED) is 0.0908. The van der Waals surface area contributed by atoms with Crippen LogP contribution in [0.1, 0.15) is 27.0 Å². The van der Waals surface area contributed by atoms with Crippen molar-refractivity contribution >= 4 is 27.2 Å². The summed E-state index contributed by atoms with van der Waals surface area (Å²) < 4.78 is 24.1. The molecule has 46 heavy (non-hydrogen) atoms. The summed E-state index contributed by atoms with van der Waals surface area (Å²) in [4.78, 5) is 15.0. The molecule has 6 aromatic rings. The van der Waals surface area contributed by atoms with E-state index < -0.39 is 0 Å². The maximum Gasteiger partial charge on any atom is 0.195 e. The van der Waals surface area contributed by atoms with Gasteiger partial charge in [-0.2, -0.15) is 0 Å². The lowest BCUT2D eigenvalue weighted by Crippen LogP contribution is -2.09. The van der Waals surface area contributed by atoms with Crippen LogP contribution in [-0.4, -0.2) is 37.3 Å². The van der Waals surface area contributed by atoms with Crippen molar-refractivity contribution in [1.29, 1.82) is 0 Å². The lowest BCUT2D eigenvalue weighted by molar-refractivity contribution is 0.0705. The van der Waals surface area contributed by atoms with Crippen LogP contribution in [0.15, 0.2) is 127 Å². The first-order valence-electron chi connectivity index (χ1n) is 15.1. The highest BCUT2D eigenvalue weighted by molar-refractivity contribution is 7.22. The number of benzene rings is 5. The zero-order chi connectivity index (χ0) is 31.6. The second-order valence-corrected chi connectivity index (χ2v) is 11.6. The number of hydrogen-bond acceptors (Lipinski definition) is 7. The first kappa shape index (κ1) is 31.0. The highest BCUT2D eigenvalue weighted by Crippen LogP contribution is 2.42. The molecular formula is C39H34O6S. The molecule has 5 aromatic carbocycles. The fraction of sp³-hybridized carbons (Fsp3) is 0.154. The average Bonchev–Trinajstić information content (AvgIpc) is 3.49. The van der Waals surface area contributed by atoms with Crippen LogP contribution in [0.5, 0.6) is 17.2 Å². The van der Waals surface area contributed by atoms with E-state index in [9.17, 15) is 4.79 Å². The molecule has 1 N–H and O–H groups in total. The fourth-order valence-corrected chi connectivity index (χ4v) is 6.25. The molecule has 0 saturated heterocycles. The van der Waals surface area contributed by atoms with Crippen LogP contribution in [0.4, 0.5) is 0 Å². The molecule has 0 saturated carbocycles. The number of ketones is 1. The van der Waals surface area contributed by atoms with Crippen molar-refractivity contribution in [3.05, 3.63) is 150 Å². The van der Waals surface area contributed by atoms with Gasteiger partial charge < -0.3 is 24.1 Å². The minimum atomic E-state index is -0.0681. The van der Waals surface area contributed by atoms with Crippen LogP contribution < -0.4 is 14.2 Å². The Balaban J connectivity index is 1.26. The van der Waals surface area contributed by atoms with Gasteiger partial charge in [-0.15, -0.1) is 11.3 Å². The maximum absolute atomic E-state index is 14.1. The van der Waals surface area contributed by atoms with Gasteiger partial charge in [0.15, 0.2) is 5.78 Å². The van der Waals surface area contributed by atoms with Gasteiger partial charge in [-0.1, -0.05) is 60.7 Å². The van der Waals surface area contributed by atoms with E-state index in [0.29, 0.717) is 43.3 Å². The fourth-order valence-electron chi connectivity index (χ4n) is 5.01. The van der Waals surface area contributed by atoms with Gasteiger partial charge in [-0.25, -0.2) is 0 Å². The van der Waals surface area contributed by atoms with E-state index in [1.165, 1.54) is 0 Å². The van der Waals surface area contributed by atoms with E-state index in [0.717, 1.165) is 43.2 Å². The standard InChI is InChI=1S/C39H34O6S/c40-21-22-42-23-24-43-32-15-11-30(12-16-32)38(41)37-35-20-19-34(45-27-29-9-5-2-6-10-29)25-36(35)46-39(37)31-13-17-33(18-14-31)44-26-28-7-3-1-4-8-28/h1-20,25,40H,21-24,26-27H2. The third-order valence-electron chi connectivity index (χ3n) is 7.35. The summed E-state index contributed by atoms with van der Waals surface area (Å²) in [5.41, 5.74) is 4.34. The van der Waals surface area contributed by atoms with E-state index in [1.807, 2.05) is 103 Å². The lowest BCUT2D eigenvalue weighted by Gasteiger charge is -2.10. The number of aliphatic hydroxyl groups excluding tert-OH is 1. The second kappa shape index (κ2) is 15.4. The van der Waals surface area contributed by atoms with Gasteiger partial charge >= 0.3 is 0 Å². The van der Waals surface area contributed by atoms with Gasteiger partial charge in [0, 0.05) is 26.1 Å². The molecule has 6 nitrogen and oxygen atoms in total. The van der Waals surface area contributed by atoms with Gasteiger partial charge in [0.05, 0.1) is 19.8 Å². The zero-order valence-corrected chi connectivity index (χ0v) is 26.1. The second-order valence-electron chi connectivity index (χ2n) is 10.6. The average molecular weight is 631 g/mol. The summed E-state index contributed by atoms with van der Waals surface area (Å²) in [7, 11) is 0. The van der Waals surface area contributed by atoms with Crippen LogP contribution in [0.25, 0.3) is 20.5 Å². The van der Waals surface area contributed by atoms with E-state index >= 15 is 0 Å². The number of rotatable bonds is 15. The van der Waals surface area contributed by atoms with E-state index in [2.05, 4.69) is 0 Å². The molecule has 0 amide bonds. The molecule has 0 aliphatic carbocycles. The van der Waals surface area contributed by atoms with Crippen molar-refractivity contribution in [3.8, 4) is 27.7 Å². The first-order valence-corrected chi connectivity index (χ1v) is 16.0. The molecule has 0 spiro atoms. The smallest absolute Gasteiger partial charge is 0.195 e. The SMILES string of the molecule is O=C(c1ccc(OCCOCCO)cc1)c1c(-c2ccc(OCc3ccccc3)cc2)sc2cc(OCc3ccccc3)ccc12. The summed E-state index contributed by atoms with van der Waals surface area (Å²) in [5.74, 6) is 2.08. The Labute approximate surface area is 272 Å². The molecule has 0 atom stereocenters. The predicted molar refractivity (Wildman–Crippen MR) is 182 cm³/mol. The molecule has 1 aromatic heterocycles. The molecule has 0 radical (unpaired) electrons. The highest BCUT2D eigenvalue weighted by Gasteiger charge is 2.22. The summed E-state index contributed by atoms with van der Waals surface area (Å²) in [6.45, 7) is 1.92. The molecule has 232 valence electrons. The number of carbonyl (C=O) groups is 1. The molecular weight excluding hydrogens is 596 g/mol. The largest absolute Gasteiger partial charge is 0.491 e. The van der Waals surface area contributed by atoms with Gasteiger partial charge in [-0.3, -0.25) is 4.79 Å². The van der Waals surface area contributed by atoms with Crippen molar-refractivity contribution < 1.29 is 28.8 Å². The molecule has 1 heterocycles. The van der Waals surface area contributed by atoms with Crippen LogP contribution in [0.3, 0.4) is 0 Å². The number of carbonyl (C=O) groups excluding carboxylic acids is 1. The summed E-state index contributed by atoms with van der Waals surface area (Å²) in [5, 5.41) is 9.72. The van der Waals surface area contributed by atoms with Crippen molar-refractivity contribution in [2.24, 2.45) is 0 Å². The Hall–Kier alpha value is -4.95. The molecule has 0 aliphatic heterocycles. The predicted octanol–water partition coefficient (Wildman–Crippen LogP) is 8.35. The van der Waals surface area contributed by atoms with Gasteiger partial charge in [-0.05, 0) is 83.4 Å². The zero-order valence-electron chi connectivity index (χ0n) is 25.3. The molecule has 0 unspecified atom stereocenters. The monoisotopic (exact) mass is 630 g/mol. The third-order valence-corrected chi connectivity index (χ3v) is 8.55. The first-order chi connectivity index (χ1) is 22.7. The van der Waals surface area contributed by atoms with Crippen LogP contribution >= 0.6 is 11.3 Å². The van der Waals surface area contributed by atoms with Crippen molar-refractivity contribution in [3.63, 3.8) is 0 Å².